The van der Waals surface area contributed by atoms with Crippen molar-refractivity contribution in [1.82, 2.24) is 14.5 Å². The highest BCUT2D eigenvalue weighted by atomic mass is 35.5. The molecule has 0 spiro atoms. The van der Waals surface area contributed by atoms with Crippen molar-refractivity contribution in [2.75, 3.05) is 0 Å². The van der Waals surface area contributed by atoms with Gasteiger partial charge in [0.05, 0.1) is 10.6 Å². The molecule has 3 aromatic rings. The molecule has 1 N–H and O–H groups in total. The number of aryl methyl sites for hydroxylation is 2. The van der Waals surface area contributed by atoms with Crippen LogP contribution in [-0.2, 0) is 0 Å². The number of rotatable bonds is 3. The highest BCUT2D eigenvalue weighted by Crippen LogP contribution is 2.29. The van der Waals surface area contributed by atoms with Crippen molar-refractivity contribution < 1.29 is 5.11 Å². The Hall–Kier alpha value is -1.69. The molecule has 0 saturated heterocycles. The molecule has 1 unspecified atom stereocenters. The third-order valence-corrected chi connectivity index (χ3v) is 4.42. The second-order valence-electron chi connectivity index (χ2n) is 4.81. The molecule has 2 heterocycles. The van der Waals surface area contributed by atoms with Gasteiger partial charge >= 0.3 is 0 Å². The van der Waals surface area contributed by atoms with Gasteiger partial charge in [0.2, 0.25) is 0 Å². The number of aliphatic hydroxyl groups excluding tert-OH is 1. The van der Waals surface area contributed by atoms with E-state index < -0.39 is 6.10 Å². The number of thiazole rings is 1. The summed E-state index contributed by atoms with van der Waals surface area (Å²) in [5.41, 5.74) is 2.82. The van der Waals surface area contributed by atoms with Crippen LogP contribution in [0.5, 0.6) is 0 Å². The van der Waals surface area contributed by atoms with Crippen molar-refractivity contribution in [1.29, 1.82) is 0 Å². The molecule has 0 fully saturated rings. The van der Waals surface area contributed by atoms with E-state index in [-0.39, 0.29) is 0 Å². The molecular formula is C15H14ClN3OS. The summed E-state index contributed by atoms with van der Waals surface area (Å²) in [7, 11) is 0. The lowest BCUT2D eigenvalue weighted by Crippen LogP contribution is -1.99. The van der Waals surface area contributed by atoms with Gasteiger partial charge in [-0.15, -0.1) is 11.3 Å². The number of hydrogen-bond donors (Lipinski definition) is 1. The minimum absolute atomic E-state index is 0.435. The van der Waals surface area contributed by atoms with Crippen LogP contribution in [-0.4, -0.2) is 19.6 Å². The second-order valence-corrected chi connectivity index (χ2v) is 6.45. The lowest BCUT2D eigenvalue weighted by atomic mass is 10.1. The Labute approximate surface area is 131 Å². The Bertz CT molecular complexity index is 764. The van der Waals surface area contributed by atoms with Crippen LogP contribution in [0.3, 0.4) is 0 Å². The van der Waals surface area contributed by atoms with Crippen LogP contribution in [0.4, 0.5) is 0 Å². The zero-order valence-electron chi connectivity index (χ0n) is 11.6. The van der Waals surface area contributed by atoms with Crippen molar-refractivity contribution in [3.63, 3.8) is 0 Å². The predicted molar refractivity (Wildman–Crippen MR) is 84.2 cm³/mol. The van der Waals surface area contributed by atoms with Gasteiger partial charge in [0.25, 0.3) is 0 Å². The first-order valence-corrected chi connectivity index (χ1v) is 7.66. The summed E-state index contributed by atoms with van der Waals surface area (Å²) in [5.74, 6) is 0.940. The van der Waals surface area contributed by atoms with Gasteiger partial charge in [0, 0.05) is 18.1 Å². The molecular weight excluding hydrogens is 306 g/mol. The van der Waals surface area contributed by atoms with Gasteiger partial charge in [-0.05, 0) is 31.5 Å². The number of benzene rings is 1. The first kappa shape index (κ1) is 14.3. The average Bonchev–Trinajstić information content (AvgIpc) is 3.04. The fraction of sp³-hybridized carbons (Fsp3) is 0.200. The monoisotopic (exact) mass is 319 g/mol. The number of hydrogen-bond acceptors (Lipinski definition) is 4. The van der Waals surface area contributed by atoms with Gasteiger partial charge in [-0.3, -0.25) is 0 Å². The summed E-state index contributed by atoms with van der Waals surface area (Å²) < 4.78 is 2.46. The average molecular weight is 320 g/mol. The number of aromatic nitrogens is 3. The van der Waals surface area contributed by atoms with Crippen LogP contribution in [0.25, 0.3) is 5.69 Å². The number of aliphatic hydroxyl groups is 1. The molecule has 0 aliphatic carbocycles. The summed E-state index contributed by atoms with van der Waals surface area (Å²) in [5, 5.41) is 10.3. The fourth-order valence-electron chi connectivity index (χ4n) is 2.25. The molecule has 0 radical (unpaired) electrons. The Morgan fingerprint density at radius 1 is 1.24 bits per heavy atom. The third-order valence-electron chi connectivity index (χ3n) is 3.25. The van der Waals surface area contributed by atoms with E-state index in [1.165, 1.54) is 11.3 Å². The maximum Gasteiger partial charge on any atom is 0.183 e. The van der Waals surface area contributed by atoms with E-state index in [9.17, 15) is 5.11 Å². The van der Waals surface area contributed by atoms with E-state index in [2.05, 4.69) is 9.97 Å². The number of nitrogens with zero attached hydrogens (tertiary/aromatic N) is 3. The highest BCUT2D eigenvalue weighted by molar-refractivity contribution is 7.15. The molecule has 1 aromatic carbocycles. The molecule has 0 amide bonds. The standard InChI is InChI=1S/C15H14ClN3OS/c1-9-8-19(10(2)18-9)12-5-3-11(4-6-12)14(20)13-7-17-15(16)21-13/h3-8,14,20H,1-2H3. The number of halogens is 1. The molecule has 3 rings (SSSR count). The van der Waals surface area contributed by atoms with Crippen molar-refractivity contribution in [2.45, 2.75) is 20.0 Å². The van der Waals surface area contributed by atoms with Crippen LogP contribution in [0.1, 0.15) is 28.1 Å². The van der Waals surface area contributed by atoms with E-state index in [0.717, 1.165) is 27.6 Å². The van der Waals surface area contributed by atoms with Crippen molar-refractivity contribution >= 4 is 22.9 Å². The summed E-state index contributed by atoms with van der Waals surface area (Å²) in [6.07, 6.45) is 2.90. The maximum atomic E-state index is 10.3. The van der Waals surface area contributed by atoms with Crippen molar-refractivity contribution in [2.24, 2.45) is 0 Å². The molecule has 0 aliphatic heterocycles. The Balaban J connectivity index is 1.89. The fourth-order valence-corrected chi connectivity index (χ4v) is 3.22. The first-order valence-electron chi connectivity index (χ1n) is 6.47. The van der Waals surface area contributed by atoms with Gasteiger partial charge in [0.1, 0.15) is 11.9 Å². The SMILES string of the molecule is Cc1cn(-c2ccc(C(O)c3cnc(Cl)s3)cc2)c(C)n1. The van der Waals surface area contributed by atoms with E-state index >= 15 is 0 Å². The van der Waals surface area contributed by atoms with Gasteiger partial charge in [-0.2, -0.15) is 0 Å². The summed E-state index contributed by atoms with van der Waals surface area (Å²) in [4.78, 5) is 9.08. The highest BCUT2D eigenvalue weighted by Gasteiger charge is 2.14. The van der Waals surface area contributed by atoms with Crippen LogP contribution in [0, 0.1) is 13.8 Å². The van der Waals surface area contributed by atoms with Gasteiger partial charge < -0.3 is 9.67 Å². The van der Waals surface area contributed by atoms with Gasteiger partial charge in [-0.1, -0.05) is 23.7 Å². The van der Waals surface area contributed by atoms with Gasteiger partial charge in [0.15, 0.2) is 4.47 Å². The molecule has 4 nitrogen and oxygen atoms in total. The Morgan fingerprint density at radius 2 is 1.95 bits per heavy atom. The molecule has 21 heavy (non-hydrogen) atoms. The smallest absolute Gasteiger partial charge is 0.183 e. The molecule has 1 atom stereocenters. The molecule has 0 aliphatic rings. The zero-order chi connectivity index (χ0) is 15.0. The van der Waals surface area contributed by atoms with Crippen LogP contribution in [0.15, 0.2) is 36.7 Å². The normalized spacial score (nSPS) is 12.6. The van der Waals surface area contributed by atoms with Crippen LogP contribution >= 0.6 is 22.9 Å². The van der Waals surface area contributed by atoms with E-state index in [1.54, 1.807) is 6.20 Å². The van der Waals surface area contributed by atoms with E-state index in [1.807, 2.05) is 48.9 Å². The summed E-state index contributed by atoms with van der Waals surface area (Å²) in [6.45, 7) is 3.93. The largest absolute Gasteiger partial charge is 0.383 e. The zero-order valence-corrected chi connectivity index (χ0v) is 13.2. The van der Waals surface area contributed by atoms with E-state index in [0.29, 0.717) is 4.47 Å². The molecule has 6 heteroatoms. The van der Waals surface area contributed by atoms with Crippen molar-refractivity contribution in [3.05, 3.63) is 63.1 Å². The molecule has 108 valence electrons. The molecule has 2 aromatic heterocycles. The van der Waals surface area contributed by atoms with E-state index in [4.69, 9.17) is 11.6 Å². The quantitative estimate of drug-likeness (QED) is 0.801. The third kappa shape index (κ3) is 2.85. The maximum absolute atomic E-state index is 10.3. The minimum Gasteiger partial charge on any atom is -0.383 e. The van der Waals surface area contributed by atoms with Crippen molar-refractivity contribution in [3.8, 4) is 5.69 Å². The van der Waals surface area contributed by atoms with Crippen LogP contribution < -0.4 is 0 Å². The number of imidazole rings is 1. The second kappa shape index (κ2) is 5.60. The lowest BCUT2D eigenvalue weighted by molar-refractivity contribution is 0.224. The Morgan fingerprint density at radius 3 is 2.48 bits per heavy atom. The van der Waals surface area contributed by atoms with Crippen LogP contribution in [0.2, 0.25) is 4.47 Å². The molecule has 0 saturated carbocycles. The van der Waals surface area contributed by atoms with Gasteiger partial charge in [-0.25, -0.2) is 9.97 Å². The minimum atomic E-state index is -0.699. The summed E-state index contributed by atoms with van der Waals surface area (Å²) >= 11 is 7.09. The topological polar surface area (TPSA) is 50.9 Å². The first-order chi connectivity index (χ1) is 10.0. The Kier molecular flexibility index (Phi) is 3.80. The summed E-state index contributed by atoms with van der Waals surface area (Å²) in [6, 6.07) is 7.75. The lowest BCUT2D eigenvalue weighted by Gasteiger charge is -2.10. The predicted octanol–water partition coefficient (Wildman–Crippen LogP) is 3.68. The molecule has 0 bridgehead atoms.